The van der Waals surface area contributed by atoms with Gasteiger partial charge in [0.05, 0.1) is 16.8 Å². The highest BCUT2D eigenvalue weighted by Gasteiger charge is 2.22. The summed E-state index contributed by atoms with van der Waals surface area (Å²) in [6.07, 6.45) is 1.57. The lowest BCUT2D eigenvalue weighted by atomic mass is 9.99. The van der Waals surface area contributed by atoms with Crippen molar-refractivity contribution in [2.24, 2.45) is 5.73 Å². The molecule has 0 aliphatic carbocycles. The van der Waals surface area contributed by atoms with E-state index in [1.54, 1.807) is 42.6 Å². The summed E-state index contributed by atoms with van der Waals surface area (Å²) in [5, 5.41) is 4.35. The number of carbonyl (C=O) groups excluding carboxylic acids is 3. The second kappa shape index (κ2) is 10.5. The molecule has 1 saturated heterocycles. The third-order valence-electron chi connectivity index (χ3n) is 7.46. The number of nitrogens with zero attached hydrogens (tertiary/aromatic N) is 3. The summed E-state index contributed by atoms with van der Waals surface area (Å²) in [4.78, 5) is 50.1. The summed E-state index contributed by atoms with van der Waals surface area (Å²) in [5.74, 6) is -1.44. The predicted octanol–water partition coefficient (Wildman–Crippen LogP) is 4.26. The number of amides is 3. The number of nitrogens with two attached hydrogens (primary N) is 1. The molecule has 1 fully saturated rings. The summed E-state index contributed by atoms with van der Waals surface area (Å²) in [6, 6.07) is 17.5. The number of likely N-dealkylation sites (N-methyl/N-ethyl adjacent to an activating group) is 1. The molecule has 6 rings (SSSR count). The maximum absolute atomic E-state index is 13.3. The number of piperazine rings is 1. The molecule has 9 nitrogen and oxygen atoms in total. The second-order valence-electron chi connectivity index (χ2n) is 10.1. The number of pyridine rings is 1. The third kappa shape index (κ3) is 5.01. The van der Waals surface area contributed by atoms with Crippen LogP contribution in [0.2, 0.25) is 0 Å². The predicted molar refractivity (Wildman–Crippen MR) is 155 cm³/mol. The monoisotopic (exact) mass is 550 g/mol. The number of aromatic nitrogens is 2. The molecule has 3 aromatic carbocycles. The van der Waals surface area contributed by atoms with Crippen molar-refractivity contribution in [1.29, 1.82) is 0 Å². The van der Waals surface area contributed by atoms with Crippen molar-refractivity contribution in [1.82, 2.24) is 19.8 Å². The lowest BCUT2D eigenvalue weighted by molar-refractivity contribution is 0.0664. The van der Waals surface area contributed by atoms with Gasteiger partial charge in [0.25, 0.3) is 17.7 Å². The minimum atomic E-state index is -0.588. The van der Waals surface area contributed by atoms with Crippen molar-refractivity contribution < 1.29 is 18.8 Å². The molecule has 0 unspecified atom stereocenters. The summed E-state index contributed by atoms with van der Waals surface area (Å²) >= 11 is 0. The van der Waals surface area contributed by atoms with Gasteiger partial charge >= 0.3 is 0 Å². The molecule has 3 amide bonds. The van der Waals surface area contributed by atoms with Crippen molar-refractivity contribution in [3.63, 3.8) is 0 Å². The van der Waals surface area contributed by atoms with Gasteiger partial charge in [0.1, 0.15) is 5.82 Å². The van der Waals surface area contributed by atoms with Gasteiger partial charge in [-0.2, -0.15) is 0 Å². The third-order valence-corrected chi connectivity index (χ3v) is 7.46. The zero-order valence-corrected chi connectivity index (χ0v) is 22.3. The van der Waals surface area contributed by atoms with Crippen molar-refractivity contribution >= 4 is 45.2 Å². The van der Waals surface area contributed by atoms with Gasteiger partial charge in [-0.3, -0.25) is 19.4 Å². The van der Waals surface area contributed by atoms with Crippen LogP contribution >= 0.6 is 0 Å². The fourth-order valence-corrected chi connectivity index (χ4v) is 5.22. The smallest absolute Gasteiger partial charge is 0.255 e. The van der Waals surface area contributed by atoms with Crippen molar-refractivity contribution in [2.75, 3.05) is 38.5 Å². The maximum Gasteiger partial charge on any atom is 0.255 e. The van der Waals surface area contributed by atoms with Crippen molar-refractivity contribution in [3.05, 3.63) is 95.4 Å². The summed E-state index contributed by atoms with van der Waals surface area (Å²) in [6.45, 7) is 2.97. The number of nitrogens with one attached hydrogen (secondary N) is 2. The van der Waals surface area contributed by atoms with Crippen LogP contribution in [-0.4, -0.2) is 70.7 Å². The summed E-state index contributed by atoms with van der Waals surface area (Å²) in [7, 11) is 2.04. The Morgan fingerprint density at radius 1 is 0.927 bits per heavy atom. The number of hydrogen-bond donors (Lipinski definition) is 3. The number of aromatic amines is 1. The highest BCUT2D eigenvalue weighted by molar-refractivity contribution is 6.20. The van der Waals surface area contributed by atoms with Gasteiger partial charge in [0.15, 0.2) is 0 Å². The number of H-pyrrole nitrogens is 1. The minimum absolute atomic E-state index is 0.0414. The number of carbonyl (C=O) groups is 3. The number of hydrogen-bond acceptors (Lipinski definition) is 5. The van der Waals surface area contributed by atoms with Gasteiger partial charge in [-0.05, 0) is 61.6 Å². The maximum atomic E-state index is 13.3. The molecule has 41 heavy (non-hydrogen) atoms. The highest BCUT2D eigenvalue weighted by Crippen LogP contribution is 2.37. The standard InChI is InChI=1S/C31H27FN6O3/c1-37-12-14-38(15-13-37)31(41)19-4-7-23-26(16-19)36-28-24(29(33)39)9-8-22(27(23)28)25-17-21(10-11-34-25)35-30(40)18-2-5-20(32)6-3-18/h2-11,16-17,36H,12-15H2,1H3,(H2,33,39)(H,34,35,40). The Morgan fingerprint density at radius 2 is 1.66 bits per heavy atom. The Hall–Kier alpha value is -5.09. The zero-order valence-electron chi connectivity index (χ0n) is 22.3. The van der Waals surface area contributed by atoms with Crippen LogP contribution in [0, 0.1) is 5.82 Å². The molecule has 0 radical (unpaired) electrons. The first kappa shape index (κ1) is 26.1. The van der Waals surface area contributed by atoms with Crippen LogP contribution < -0.4 is 11.1 Å². The lowest BCUT2D eigenvalue weighted by Crippen LogP contribution is -2.47. The average molecular weight is 551 g/mol. The number of benzene rings is 3. The van der Waals surface area contributed by atoms with Crippen LogP contribution in [0.1, 0.15) is 31.1 Å². The first-order chi connectivity index (χ1) is 19.8. The Balaban J connectivity index is 1.40. The van der Waals surface area contributed by atoms with Crippen LogP contribution in [0.3, 0.4) is 0 Å². The van der Waals surface area contributed by atoms with Gasteiger partial charge < -0.3 is 25.8 Å². The minimum Gasteiger partial charge on any atom is -0.366 e. The molecule has 2 aromatic heterocycles. The van der Waals surface area contributed by atoms with E-state index < -0.39 is 11.7 Å². The molecule has 4 N–H and O–H groups in total. The van der Waals surface area contributed by atoms with Crippen LogP contribution in [0.25, 0.3) is 33.1 Å². The van der Waals surface area contributed by atoms with Crippen LogP contribution in [0.5, 0.6) is 0 Å². The molecule has 206 valence electrons. The molecule has 3 heterocycles. The van der Waals surface area contributed by atoms with Gasteiger partial charge in [0.2, 0.25) is 0 Å². The molecule has 1 aliphatic heterocycles. The molecule has 1 aliphatic rings. The van der Waals surface area contributed by atoms with Gasteiger partial charge in [-0.1, -0.05) is 12.1 Å². The summed E-state index contributed by atoms with van der Waals surface area (Å²) < 4.78 is 13.3. The fraction of sp³-hybridized carbons (Fsp3) is 0.161. The van der Waals surface area contributed by atoms with E-state index >= 15 is 0 Å². The molecule has 10 heteroatoms. The van der Waals surface area contributed by atoms with E-state index in [0.717, 1.165) is 23.9 Å². The van der Waals surface area contributed by atoms with Crippen molar-refractivity contribution in [2.45, 2.75) is 0 Å². The van der Waals surface area contributed by atoms with E-state index in [4.69, 9.17) is 5.73 Å². The molecule has 0 spiro atoms. The highest BCUT2D eigenvalue weighted by atomic mass is 19.1. The molecular weight excluding hydrogens is 523 g/mol. The topological polar surface area (TPSA) is 124 Å². The van der Waals surface area contributed by atoms with E-state index in [-0.39, 0.29) is 11.8 Å². The first-order valence-corrected chi connectivity index (χ1v) is 13.2. The molecule has 0 bridgehead atoms. The van der Waals surface area contributed by atoms with Crippen LogP contribution in [0.15, 0.2) is 72.9 Å². The Kier molecular flexibility index (Phi) is 6.68. The fourth-order valence-electron chi connectivity index (χ4n) is 5.22. The van der Waals surface area contributed by atoms with Crippen molar-refractivity contribution in [3.8, 4) is 11.3 Å². The first-order valence-electron chi connectivity index (χ1n) is 13.2. The van der Waals surface area contributed by atoms with E-state index in [9.17, 15) is 18.8 Å². The van der Waals surface area contributed by atoms with E-state index in [0.29, 0.717) is 57.8 Å². The van der Waals surface area contributed by atoms with Crippen LogP contribution in [0.4, 0.5) is 10.1 Å². The number of anilines is 1. The summed E-state index contributed by atoms with van der Waals surface area (Å²) in [5.41, 5.74) is 9.89. The quantitative estimate of drug-likeness (QED) is 0.302. The molecule has 0 saturated carbocycles. The van der Waals surface area contributed by atoms with E-state index in [1.165, 1.54) is 24.3 Å². The Labute approximate surface area is 234 Å². The SMILES string of the molecule is CN1CCN(C(=O)c2ccc3c(c2)[nH]c2c(C(N)=O)ccc(-c4cc(NC(=O)c5ccc(F)cc5)ccn4)c23)CC1. The van der Waals surface area contributed by atoms with Crippen LogP contribution in [-0.2, 0) is 0 Å². The zero-order chi connectivity index (χ0) is 28.7. The van der Waals surface area contributed by atoms with E-state index in [1.807, 2.05) is 18.0 Å². The normalized spacial score (nSPS) is 14.0. The number of rotatable bonds is 5. The van der Waals surface area contributed by atoms with Gasteiger partial charge in [-0.15, -0.1) is 0 Å². The average Bonchev–Trinajstić information content (AvgIpc) is 3.36. The van der Waals surface area contributed by atoms with Gasteiger partial charge in [0, 0.05) is 71.0 Å². The number of primary amides is 1. The molecule has 5 aromatic rings. The molecule has 0 atom stereocenters. The van der Waals surface area contributed by atoms with Gasteiger partial charge in [-0.25, -0.2) is 4.39 Å². The largest absolute Gasteiger partial charge is 0.366 e. The Morgan fingerprint density at radius 3 is 2.39 bits per heavy atom. The van der Waals surface area contributed by atoms with E-state index in [2.05, 4.69) is 20.2 Å². The molecular formula is C31H27FN6O3. The number of halogens is 1. The lowest BCUT2D eigenvalue weighted by Gasteiger charge is -2.32. The second-order valence-corrected chi connectivity index (χ2v) is 10.1. The Bertz CT molecular complexity index is 1820. The number of fused-ring (bicyclic) bond motifs is 3.